The number of ether oxygens (including phenoxy) is 6. The monoisotopic (exact) mass is 506 g/mol. The number of carbonyl (C=O) groups excluding carboxylic acids is 2. The molecule has 0 heterocycles. The molecular weight excluding hydrogens is 464 g/mol. The third-order valence-corrected chi connectivity index (χ3v) is 5.81. The van der Waals surface area contributed by atoms with E-state index in [9.17, 15) is 9.59 Å². The van der Waals surface area contributed by atoms with Gasteiger partial charge in [-0.25, -0.2) is 9.59 Å². The van der Waals surface area contributed by atoms with Crippen LogP contribution in [0.3, 0.4) is 0 Å². The fourth-order valence-electron chi connectivity index (χ4n) is 4.26. The van der Waals surface area contributed by atoms with Crippen molar-refractivity contribution in [3.8, 4) is 11.5 Å². The summed E-state index contributed by atoms with van der Waals surface area (Å²) in [6.45, 7) is 11.4. The second-order valence-electron chi connectivity index (χ2n) is 8.95. The van der Waals surface area contributed by atoms with Gasteiger partial charge in [-0.3, -0.25) is 0 Å². The van der Waals surface area contributed by atoms with Gasteiger partial charge in [0.15, 0.2) is 0 Å². The number of hydrogen-bond donors (Lipinski definition) is 0. The van der Waals surface area contributed by atoms with E-state index in [1.54, 1.807) is 27.7 Å². The van der Waals surface area contributed by atoms with Gasteiger partial charge in [-0.05, 0) is 70.6 Å². The van der Waals surface area contributed by atoms with Gasteiger partial charge in [-0.1, -0.05) is 31.4 Å². The SMILES string of the molecule is CCCCCc1cc(OC(C)OC(=O)OCC)c(C2C=C(C)CCC2)c(OC(C)OC(=O)OCC)c1. The molecule has 0 radical (unpaired) electrons. The van der Waals surface area contributed by atoms with E-state index < -0.39 is 24.9 Å². The third-order valence-electron chi connectivity index (χ3n) is 5.81. The fourth-order valence-corrected chi connectivity index (χ4v) is 4.26. The number of benzene rings is 1. The van der Waals surface area contributed by atoms with Crippen LogP contribution in [0.2, 0.25) is 0 Å². The minimum absolute atomic E-state index is 0.0398. The van der Waals surface area contributed by atoms with Gasteiger partial charge in [0.05, 0.1) is 13.2 Å². The van der Waals surface area contributed by atoms with Crippen molar-refractivity contribution in [1.29, 1.82) is 0 Å². The van der Waals surface area contributed by atoms with Crippen molar-refractivity contribution >= 4 is 12.3 Å². The molecule has 8 nitrogen and oxygen atoms in total. The van der Waals surface area contributed by atoms with Crippen molar-refractivity contribution in [2.45, 2.75) is 105 Å². The summed E-state index contributed by atoms with van der Waals surface area (Å²) >= 11 is 0. The van der Waals surface area contributed by atoms with Crippen LogP contribution in [0.15, 0.2) is 23.8 Å². The van der Waals surface area contributed by atoms with Gasteiger partial charge in [0, 0.05) is 25.3 Å². The van der Waals surface area contributed by atoms with Crippen LogP contribution < -0.4 is 9.47 Å². The first-order chi connectivity index (χ1) is 17.3. The highest BCUT2D eigenvalue weighted by Gasteiger charge is 2.27. The first kappa shape index (κ1) is 29.3. The Morgan fingerprint density at radius 2 is 1.47 bits per heavy atom. The van der Waals surface area contributed by atoms with Crippen molar-refractivity contribution in [3.05, 3.63) is 34.9 Å². The highest BCUT2D eigenvalue weighted by atomic mass is 16.8. The molecule has 0 aliphatic heterocycles. The second-order valence-corrected chi connectivity index (χ2v) is 8.95. The minimum Gasteiger partial charge on any atom is -0.454 e. The van der Waals surface area contributed by atoms with Crippen LogP contribution in [0.1, 0.15) is 97.1 Å². The molecule has 0 saturated carbocycles. The number of unbranched alkanes of at least 4 members (excludes halogenated alkanes) is 2. The summed E-state index contributed by atoms with van der Waals surface area (Å²) in [5, 5.41) is 0. The highest BCUT2D eigenvalue weighted by molar-refractivity contribution is 5.60. The van der Waals surface area contributed by atoms with Crippen LogP contribution in [0.4, 0.5) is 9.59 Å². The summed E-state index contributed by atoms with van der Waals surface area (Å²) in [6.07, 6.45) is 5.96. The van der Waals surface area contributed by atoms with E-state index in [0.717, 1.165) is 56.1 Å². The molecule has 1 aromatic carbocycles. The minimum atomic E-state index is -0.872. The molecule has 1 aliphatic carbocycles. The van der Waals surface area contributed by atoms with Crippen LogP contribution in [0.5, 0.6) is 11.5 Å². The molecular formula is C28H42O8. The summed E-state index contributed by atoms with van der Waals surface area (Å²) in [4.78, 5) is 23.7. The van der Waals surface area contributed by atoms with E-state index in [1.807, 2.05) is 12.1 Å². The molecule has 0 N–H and O–H groups in total. The number of aryl methyl sites for hydroxylation is 1. The lowest BCUT2D eigenvalue weighted by Crippen LogP contribution is -2.24. The molecule has 2 rings (SSSR count). The van der Waals surface area contributed by atoms with Crippen LogP contribution in [0, 0.1) is 0 Å². The summed E-state index contributed by atoms with van der Waals surface area (Å²) in [5.41, 5.74) is 3.16. The average Bonchev–Trinajstić information content (AvgIpc) is 2.79. The number of rotatable bonds is 13. The first-order valence-electron chi connectivity index (χ1n) is 13.1. The average molecular weight is 507 g/mol. The van der Waals surface area contributed by atoms with Gasteiger partial charge >= 0.3 is 12.3 Å². The van der Waals surface area contributed by atoms with E-state index in [2.05, 4.69) is 19.9 Å². The van der Waals surface area contributed by atoms with E-state index in [4.69, 9.17) is 28.4 Å². The molecule has 0 spiro atoms. The Balaban J connectivity index is 2.46. The maximum absolute atomic E-state index is 11.9. The lowest BCUT2D eigenvalue weighted by Gasteiger charge is -2.28. The molecule has 3 unspecified atom stereocenters. The quantitative estimate of drug-likeness (QED) is 0.118. The molecule has 36 heavy (non-hydrogen) atoms. The zero-order valence-electron chi connectivity index (χ0n) is 22.6. The maximum Gasteiger partial charge on any atom is 0.511 e. The van der Waals surface area contributed by atoms with Gasteiger partial charge in [0.2, 0.25) is 12.6 Å². The van der Waals surface area contributed by atoms with Gasteiger partial charge < -0.3 is 28.4 Å². The molecule has 1 aliphatic rings. The van der Waals surface area contributed by atoms with Crippen LogP contribution in [0.25, 0.3) is 0 Å². The largest absolute Gasteiger partial charge is 0.511 e. The van der Waals surface area contributed by atoms with Crippen molar-refractivity contribution < 1.29 is 38.0 Å². The molecule has 0 saturated heterocycles. The standard InChI is InChI=1S/C28H42O8/c1-7-10-11-14-22-17-24(33-20(5)35-27(29)31-8-2)26(23-15-12-13-19(4)16-23)25(18-22)34-21(6)36-28(30)32-9-3/h16-18,20-21,23H,7-15H2,1-6H3. The van der Waals surface area contributed by atoms with E-state index in [0.29, 0.717) is 11.5 Å². The predicted molar refractivity (Wildman–Crippen MR) is 136 cm³/mol. The van der Waals surface area contributed by atoms with Crippen LogP contribution in [-0.4, -0.2) is 38.1 Å². The Labute approximate surface area is 215 Å². The molecule has 0 fully saturated rings. The molecule has 202 valence electrons. The second kappa shape index (κ2) is 15.3. The molecule has 0 amide bonds. The summed E-state index contributed by atoms with van der Waals surface area (Å²) in [5.74, 6) is 1.20. The summed E-state index contributed by atoms with van der Waals surface area (Å²) in [6, 6.07) is 4.00. The first-order valence-corrected chi connectivity index (χ1v) is 13.1. The Hall–Kier alpha value is -2.90. The molecule has 8 heteroatoms. The Bertz CT molecular complexity index is 829. The molecule has 1 aromatic rings. The molecule has 3 atom stereocenters. The van der Waals surface area contributed by atoms with Gasteiger partial charge in [0.1, 0.15) is 11.5 Å². The predicted octanol–water partition coefficient (Wildman–Crippen LogP) is 7.43. The van der Waals surface area contributed by atoms with Gasteiger partial charge in [-0.2, -0.15) is 0 Å². The van der Waals surface area contributed by atoms with E-state index in [-0.39, 0.29) is 19.1 Å². The third kappa shape index (κ3) is 9.63. The van der Waals surface area contributed by atoms with Crippen molar-refractivity contribution in [2.24, 2.45) is 0 Å². The van der Waals surface area contributed by atoms with E-state index in [1.165, 1.54) is 5.57 Å². The topological polar surface area (TPSA) is 89.5 Å². The van der Waals surface area contributed by atoms with Crippen molar-refractivity contribution in [1.82, 2.24) is 0 Å². The normalized spacial score (nSPS) is 16.8. The number of allylic oxidation sites excluding steroid dienone is 2. The van der Waals surface area contributed by atoms with Crippen LogP contribution >= 0.6 is 0 Å². The van der Waals surface area contributed by atoms with Crippen molar-refractivity contribution in [2.75, 3.05) is 13.2 Å². The smallest absolute Gasteiger partial charge is 0.454 e. The summed E-state index contributed by atoms with van der Waals surface area (Å²) in [7, 11) is 0. The van der Waals surface area contributed by atoms with Crippen LogP contribution in [-0.2, 0) is 25.4 Å². The lowest BCUT2D eigenvalue weighted by molar-refractivity contribution is -0.0551. The molecule has 0 aromatic heterocycles. The Morgan fingerprint density at radius 3 is 1.94 bits per heavy atom. The van der Waals surface area contributed by atoms with Crippen molar-refractivity contribution in [3.63, 3.8) is 0 Å². The number of hydrogen-bond acceptors (Lipinski definition) is 8. The van der Waals surface area contributed by atoms with Gasteiger partial charge in [0.25, 0.3) is 0 Å². The Kier molecular flexibility index (Phi) is 12.4. The zero-order valence-corrected chi connectivity index (χ0v) is 22.6. The van der Waals surface area contributed by atoms with E-state index >= 15 is 0 Å². The zero-order chi connectivity index (χ0) is 26.5. The fraction of sp³-hybridized carbons (Fsp3) is 0.643. The molecule has 0 bridgehead atoms. The lowest BCUT2D eigenvalue weighted by atomic mass is 9.84. The number of carbonyl (C=O) groups is 2. The maximum atomic E-state index is 11.9. The van der Waals surface area contributed by atoms with Gasteiger partial charge in [-0.15, -0.1) is 0 Å². The highest BCUT2D eigenvalue weighted by Crippen LogP contribution is 2.43. The Morgan fingerprint density at radius 1 is 0.917 bits per heavy atom. The summed E-state index contributed by atoms with van der Waals surface area (Å²) < 4.78 is 32.7.